The molecule has 0 amide bonds. The Hall–Kier alpha value is -1.09. The second-order valence-corrected chi connectivity index (χ2v) is 3.43. The zero-order valence-electron chi connectivity index (χ0n) is 7.79. The number of aryl methyl sites for hydroxylation is 1. The van der Waals surface area contributed by atoms with Crippen LogP contribution in [0.3, 0.4) is 0 Å². The molecule has 2 heterocycles. The summed E-state index contributed by atoms with van der Waals surface area (Å²) in [6, 6.07) is 2.02. The average Bonchev–Trinajstić information content (AvgIpc) is 2.57. The van der Waals surface area contributed by atoms with E-state index in [0.717, 1.165) is 30.8 Å². The molecule has 0 unspecified atom stereocenters. The van der Waals surface area contributed by atoms with E-state index < -0.39 is 0 Å². The van der Waals surface area contributed by atoms with Crippen molar-refractivity contribution in [1.82, 2.24) is 10.3 Å². The minimum atomic E-state index is 0.323. The molecule has 1 aromatic heterocycles. The van der Waals surface area contributed by atoms with Crippen molar-refractivity contribution >= 4 is 0 Å². The summed E-state index contributed by atoms with van der Waals surface area (Å²) in [5.41, 5.74) is 1.14. The number of hydrogen-bond donors (Lipinski definition) is 1. The Balaban J connectivity index is 2.00. The zero-order valence-corrected chi connectivity index (χ0v) is 7.79. The molecule has 0 bridgehead atoms. The van der Waals surface area contributed by atoms with Gasteiger partial charge >= 0.3 is 0 Å². The van der Waals surface area contributed by atoms with E-state index in [-0.39, 0.29) is 0 Å². The van der Waals surface area contributed by atoms with Crippen LogP contribution in [-0.2, 0) is 0 Å². The van der Waals surface area contributed by atoms with Crippen LogP contribution in [-0.4, -0.2) is 24.2 Å². The topological polar surface area (TPSA) is 34.1 Å². The van der Waals surface area contributed by atoms with Gasteiger partial charge in [-0.2, -0.15) is 0 Å². The van der Waals surface area contributed by atoms with Crippen LogP contribution in [0.2, 0.25) is 0 Å². The Morgan fingerprint density at radius 1 is 1.54 bits per heavy atom. The van der Waals surface area contributed by atoms with Gasteiger partial charge in [-0.25, -0.2) is 0 Å². The highest BCUT2D eigenvalue weighted by atomic mass is 16.5. The molecule has 1 N–H and O–H groups in total. The van der Waals surface area contributed by atoms with Crippen molar-refractivity contribution < 1.29 is 4.74 Å². The summed E-state index contributed by atoms with van der Waals surface area (Å²) in [7, 11) is 0. The van der Waals surface area contributed by atoms with E-state index in [9.17, 15) is 0 Å². The van der Waals surface area contributed by atoms with Crippen LogP contribution in [0.1, 0.15) is 12.0 Å². The summed E-state index contributed by atoms with van der Waals surface area (Å²) < 4.78 is 5.73. The van der Waals surface area contributed by atoms with Crippen LogP contribution in [0.25, 0.3) is 0 Å². The molecule has 2 rings (SSSR count). The Morgan fingerprint density at radius 3 is 3.15 bits per heavy atom. The van der Waals surface area contributed by atoms with Crippen molar-refractivity contribution in [2.45, 2.75) is 19.4 Å². The van der Waals surface area contributed by atoms with E-state index in [1.54, 1.807) is 6.20 Å². The highest BCUT2D eigenvalue weighted by Crippen LogP contribution is 2.14. The number of hydrogen-bond acceptors (Lipinski definition) is 3. The van der Waals surface area contributed by atoms with Crippen LogP contribution in [0, 0.1) is 6.92 Å². The van der Waals surface area contributed by atoms with Gasteiger partial charge in [0.05, 0.1) is 6.20 Å². The maximum Gasteiger partial charge on any atom is 0.138 e. The van der Waals surface area contributed by atoms with Crippen molar-refractivity contribution in [2.24, 2.45) is 0 Å². The SMILES string of the molecule is Cc1cncc(O[C@H]2CCNC2)c1. The van der Waals surface area contributed by atoms with Crippen molar-refractivity contribution in [3.8, 4) is 5.75 Å². The van der Waals surface area contributed by atoms with Gasteiger partial charge in [-0.05, 0) is 31.5 Å². The van der Waals surface area contributed by atoms with Crippen LogP contribution in [0.5, 0.6) is 5.75 Å². The summed E-state index contributed by atoms with van der Waals surface area (Å²) >= 11 is 0. The lowest BCUT2D eigenvalue weighted by atomic mass is 10.3. The highest BCUT2D eigenvalue weighted by Gasteiger charge is 2.15. The molecular weight excluding hydrogens is 164 g/mol. The number of pyridine rings is 1. The summed E-state index contributed by atoms with van der Waals surface area (Å²) in [5, 5.41) is 3.26. The molecule has 3 heteroatoms. The number of rotatable bonds is 2. The average molecular weight is 178 g/mol. The molecule has 1 atom stereocenters. The lowest BCUT2D eigenvalue weighted by Gasteiger charge is -2.11. The number of nitrogens with zero attached hydrogens (tertiary/aromatic N) is 1. The second-order valence-electron chi connectivity index (χ2n) is 3.43. The Kier molecular flexibility index (Phi) is 2.45. The van der Waals surface area contributed by atoms with E-state index in [4.69, 9.17) is 4.74 Å². The third-order valence-electron chi connectivity index (χ3n) is 2.17. The summed E-state index contributed by atoms with van der Waals surface area (Å²) in [6.45, 7) is 4.03. The molecule has 13 heavy (non-hydrogen) atoms. The van der Waals surface area contributed by atoms with Crippen molar-refractivity contribution in [2.75, 3.05) is 13.1 Å². The van der Waals surface area contributed by atoms with Gasteiger partial charge in [0.1, 0.15) is 11.9 Å². The highest BCUT2D eigenvalue weighted by molar-refractivity contribution is 5.22. The molecule has 70 valence electrons. The fourth-order valence-corrected chi connectivity index (χ4v) is 1.51. The maximum absolute atomic E-state index is 5.73. The maximum atomic E-state index is 5.73. The normalized spacial score (nSPS) is 21.8. The first-order chi connectivity index (χ1) is 6.34. The van der Waals surface area contributed by atoms with Crippen molar-refractivity contribution in [3.05, 3.63) is 24.0 Å². The first-order valence-corrected chi connectivity index (χ1v) is 4.63. The summed E-state index contributed by atoms with van der Waals surface area (Å²) in [5.74, 6) is 0.883. The number of aromatic nitrogens is 1. The number of nitrogens with one attached hydrogen (secondary N) is 1. The van der Waals surface area contributed by atoms with Crippen LogP contribution >= 0.6 is 0 Å². The fraction of sp³-hybridized carbons (Fsp3) is 0.500. The van der Waals surface area contributed by atoms with E-state index in [1.165, 1.54) is 0 Å². The Labute approximate surface area is 78.1 Å². The van der Waals surface area contributed by atoms with Gasteiger partial charge < -0.3 is 10.1 Å². The Bertz CT molecular complexity index is 282. The van der Waals surface area contributed by atoms with Crippen molar-refractivity contribution in [1.29, 1.82) is 0 Å². The molecule has 0 aromatic carbocycles. The largest absolute Gasteiger partial charge is 0.487 e. The summed E-state index contributed by atoms with van der Waals surface area (Å²) in [6.07, 6.45) is 5.02. The summed E-state index contributed by atoms with van der Waals surface area (Å²) in [4.78, 5) is 4.08. The van der Waals surface area contributed by atoms with E-state index in [2.05, 4.69) is 10.3 Å². The van der Waals surface area contributed by atoms with Gasteiger partial charge in [0, 0.05) is 12.7 Å². The predicted molar refractivity (Wildman–Crippen MR) is 50.9 cm³/mol. The van der Waals surface area contributed by atoms with Crippen LogP contribution in [0.15, 0.2) is 18.5 Å². The van der Waals surface area contributed by atoms with Gasteiger partial charge in [0.25, 0.3) is 0 Å². The van der Waals surface area contributed by atoms with Gasteiger partial charge in [-0.1, -0.05) is 0 Å². The van der Waals surface area contributed by atoms with Crippen molar-refractivity contribution in [3.63, 3.8) is 0 Å². The quantitative estimate of drug-likeness (QED) is 0.737. The second kappa shape index (κ2) is 3.75. The van der Waals surface area contributed by atoms with Gasteiger partial charge in [0.15, 0.2) is 0 Å². The molecule has 1 aliphatic heterocycles. The molecule has 1 saturated heterocycles. The smallest absolute Gasteiger partial charge is 0.138 e. The van der Waals surface area contributed by atoms with E-state index in [1.807, 2.05) is 19.2 Å². The predicted octanol–water partition coefficient (Wildman–Crippen LogP) is 1.13. The molecular formula is C10H14N2O. The lowest BCUT2D eigenvalue weighted by Crippen LogP contribution is -2.19. The molecule has 0 spiro atoms. The first-order valence-electron chi connectivity index (χ1n) is 4.63. The first kappa shape index (κ1) is 8.51. The number of ether oxygens (including phenoxy) is 1. The molecule has 0 saturated carbocycles. The van der Waals surface area contributed by atoms with E-state index >= 15 is 0 Å². The Morgan fingerprint density at radius 2 is 2.46 bits per heavy atom. The monoisotopic (exact) mass is 178 g/mol. The minimum Gasteiger partial charge on any atom is -0.487 e. The third kappa shape index (κ3) is 2.18. The molecule has 3 nitrogen and oxygen atoms in total. The molecule has 1 fully saturated rings. The minimum absolute atomic E-state index is 0.323. The fourth-order valence-electron chi connectivity index (χ4n) is 1.51. The molecule has 0 aliphatic carbocycles. The van der Waals surface area contributed by atoms with Gasteiger partial charge in [0.2, 0.25) is 0 Å². The lowest BCUT2D eigenvalue weighted by molar-refractivity contribution is 0.222. The molecule has 0 radical (unpaired) electrons. The molecule has 1 aliphatic rings. The third-order valence-corrected chi connectivity index (χ3v) is 2.17. The van der Waals surface area contributed by atoms with E-state index in [0.29, 0.717) is 6.10 Å². The van der Waals surface area contributed by atoms with Crippen LogP contribution in [0.4, 0.5) is 0 Å². The van der Waals surface area contributed by atoms with Crippen LogP contribution < -0.4 is 10.1 Å². The standard InChI is InChI=1S/C10H14N2O/c1-8-4-10(7-12-5-8)13-9-2-3-11-6-9/h4-5,7,9,11H,2-3,6H2,1H3/t9-/m0/s1. The zero-order chi connectivity index (χ0) is 9.10. The van der Waals surface area contributed by atoms with Gasteiger partial charge in [-0.3, -0.25) is 4.98 Å². The van der Waals surface area contributed by atoms with Gasteiger partial charge in [-0.15, -0.1) is 0 Å². The molecule has 1 aromatic rings.